The number of rotatable bonds is 3. The van der Waals surface area contributed by atoms with Gasteiger partial charge >= 0.3 is 0 Å². The molecule has 1 aliphatic heterocycles. The summed E-state index contributed by atoms with van der Waals surface area (Å²) in [5.41, 5.74) is 6.05. The molecule has 0 aliphatic carbocycles. The van der Waals surface area contributed by atoms with Crippen molar-refractivity contribution in [3.8, 4) is 17.2 Å². The quantitative estimate of drug-likeness (QED) is 0.543. The second-order valence-electron chi connectivity index (χ2n) is 7.82. The van der Waals surface area contributed by atoms with Crippen LogP contribution in [0.25, 0.3) is 27.9 Å². The van der Waals surface area contributed by atoms with E-state index < -0.39 is 0 Å². The number of likely N-dealkylation sites (N-methyl/N-ethyl adjacent to an activating group) is 1. The molecule has 5 rings (SSSR count). The molecule has 6 nitrogen and oxygen atoms in total. The van der Waals surface area contributed by atoms with Gasteiger partial charge in [0.25, 0.3) is 0 Å². The van der Waals surface area contributed by atoms with Gasteiger partial charge in [-0.05, 0) is 44.3 Å². The van der Waals surface area contributed by atoms with Gasteiger partial charge in [0.05, 0.1) is 11.1 Å². The van der Waals surface area contributed by atoms with Crippen LogP contribution in [0, 0.1) is 18.3 Å². The fourth-order valence-corrected chi connectivity index (χ4v) is 4.21. The number of hydrogen-bond donors (Lipinski definition) is 0. The molecule has 0 bridgehead atoms. The topological polar surface area (TPSA) is 60.5 Å². The number of nitriles is 1. The molecule has 4 aromatic rings. The molecular formula is C23H22N6. The average molecular weight is 382 g/mol. The first-order valence-corrected chi connectivity index (χ1v) is 9.76. The lowest BCUT2D eigenvalue weighted by molar-refractivity contribution is 0.246. The second-order valence-corrected chi connectivity index (χ2v) is 7.82. The van der Waals surface area contributed by atoms with E-state index in [1.807, 2.05) is 37.3 Å². The first-order valence-electron chi connectivity index (χ1n) is 9.76. The minimum atomic E-state index is 0.512. The highest BCUT2D eigenvalue weighted by Gasteiger charge is 2.34. The van der Waals surface area contributed by atoms with Gasteiger partial charge in [0, 0.05) is 30.9 Å². The summed E-state index contributed by atoms with van der Waals surface area (Å²) in [7, 11) is 4.24. The third-order valence-corrected chi connectivity index (χ3v) is 5.91. The van der Waals surface area contributed by atoms with Crippen molar-refractivity contribution in [3.63, 3.8) is 0 Å². The number of imidazole rings is 1. The smallest absolute Gasteiger partial charge is 0.178 e. The lowest BCUT2D eigenvalue weighted by Crippen LogP contribution is -2.58. The lowest BCUT2D eigenvalue weighted by atomic mass is 9.95. The van der Waals surface area contributed by atoms with Crippen LogP contribution in [0.3, 0.4) is 0 Å². The minimum absolute atomic E-state index is 0.512. The number of aromatic nitrogens is 3. The summed E-state index contributed by atoms with van der Waals surface area (Å²) in [6, 6.07) is 17.2. The number of hydrogen-bond acceptors (Lipinski definition) is 5. The molecule has 4 heterocycles. The largest absolute Gasteiger partial charge is 0.354 e. The molecule has 0 radical (unpaired) electrons. The molecule has 3 aromatic heterocycles. The minimum Gasteiger partial charge on any atom is -0.354 e. The molecule has 1 fully saturated rings. The molecule has 0 amide bonds. The van der Waals surface area contributed by atoms with Gasteiger partial charge < -0.3 is 9.80 Å². The van der Waals surface area contributed by atoms with Crippen LogP contribution in [-0.2, 0) is 0 Å². The Balaban J connectivity index is 1.89. The second kappa shape index (κ2) is 6.57. The first-order chi connectivity index (χ1) is 14.1. The van der Waals surface area contributed by atoms with E-state index in [4.69, 9.17) is 4.98 Å². The number of pyridine rings is 2. The van der Waals surface area contributed by atoms with E-state index in [-0.39, 0.29) is 0 Å². The summed E-state index contributed by atoms with van der Waals surface area (Å²) in [4.78, 5) is 13.8. The monoisotopic (exact) mass is 382 g/mol. The van der Waals surface area contributed by atoms with Crippen LogP contribution in [0.5, 0.6) is 0 Å². The van der Waals surface area contributed by atoms with Crippen molar-refractivity contribution in [1.29, 1.82) is 5.26 Å². The predicted octanol–water partition coefficient (Wildman–Crippen LogP) is 3.48. The van der Waals surface area contributed by atoms with Gasteiger partial charge in [-0.2, -0.15) is 5.26 Å². The van der Waals surface area contributed by atoms with E-state index in [0.29, 0.717) is 22.9 Å². The Morgan fingerprint density at radius 2 is 1.86 bits per heavy atom. The van der Waals surface area contributed by atoms with E-state index in [9.17, 15) is 5.26 Å². The van der Waals surface area contributed by atoms with Crippen LogP contribution in [0.15, 0.2) is 48.7 Å². The Bertz CT molecular complexity index is 1260. The third-order valence-electron chi connectivity index (χ3n) is 5.91. The molecule has 29 heavy (non-hydrogen) atoms. The van der Waals surface area contributed by atoms with Crippen molar-refractivity contribution in [2.24, 2.45) is 0 Å². The lowest BCUT2D eigenvalue weighted by Gasteiger charge is -2.45. The fraction of sp³-hybridized carbons (Fsp3) is 0.261. The van der Waals surface area contributed by atoms with Gasteiger partial charge in [-0.15, -0.1) is 0 Å². The van der Waals surface area contributed by atoms with Crippen molar-refractivity contribution >= 4 is 22.6 Å². The Morgan fingerprint density at radius 3 is 2.55 bits per heavy atom. The van der Waals surface area contributed by atoms with E-state index in [2.05, 4.69) is 51.5 Å². The van der Waals surface area contributed by atoms with Crippen LogP contribution in [0.4, 0.5) is 5.82 Å². The summed E-state index contributed by atoms with van der Waals surface area (Å²) in [6.45, 7) is 3.90. The average Bonchev–Trinajstić information content (AvgIpc) is 3.06. The molecular weight excluding hydrogens is 360 g/mol. The molecule has 0 spiro atoms. The first kappa shape index (κ1) is 17.7. The Labute approximate surface area is 169 Å². The van der Waals surface area contributed by atoms with E-state index in [1.54, 1.807) is 6.20 Å². The molecule has 0 N–H and O–H groups in total. The predicted molar refractivity (Wildman–Crippen MR) is 115 cm³/mol. The van der Waals surface area contributed by atoms with E-state index in [0.717, 1.165) is 41.1 Å². The van der Waals surface area contributed by atoms with Gasteiger partial charge in [-0.1, -0.05) is 30.3 Å². The SMILES string of the molecule is Cc1c(-c2ccccc2)c(N2CC(N(C)C)C2)n2c(nc3ncccc32)c1C#N. The van der Waals surface area contributed by atoms with Crippen LogP contribution < -0.4 is 4.90 Å². The summed E-state index contributed by atoms with van der Waals surface area (Å²) in [5.74, 6) is 1.09. The standard InChI is InChI=1S/C23H22N6/c1-15-18(12-24)22-26-21-19(10-7-11-25-21)29(22)23(28-13-17(14-28)27(2)3)20(15)16-8-5-4-6-9-16/h4-11,17H,13-14H2,1-3H3. The van der Waals surface area contributed by atoms with Crippen molar-refractivity contribution in [3.05, 3.63) is 59.8 Å². The molecule has 0 atom stereocenters. The van der Waals surface area contributed by atoms with Crippen molar-refractivity contribution in [2.45, 2.75) is 13.0 Å². The highest BCUT2D eigenvalue weighted by molar-refractivity contribution is 5.91. The van der Waals surface area contributed by atoms with Gasteiger partial charge in [-0.3, -0.25) is 4.40 Å². The van der Waals surface area contributed by atoms with Gasteiger partial charge in [-0.25, -0.2) is 9.97 Å². The molecule has 0 saturated carbocycles. The molecule has 0 unspecified atom stereocenters. The summed E-state index contributed by atoms with van der Waals surface area (Å²) in [5, 5.41) is 9.98. The Morgan fingerprint density at radius 1 is 1.10 bits per heavy atom. The molecule has 1 saturated heterocycles. The van der Waals surface area contributed by atoms with Crippen LogP contribution in [0.1, 0.15) is 11.1 Å². The Hall–Kier alpha value is -3.43. The highest BCUT2D eigenvalue weighted by Crippen LogP contribution is 2.40. The maximum atomic E-state index is 9.98. The van der Waals surface area contributed by atoms with Gasteiger partial charge in [0.2, 0.25) is 0 Å². The van der Waals surface area contributed by atoms with Crippen LogP contribution in [-0.4, -0.2) is 52.5 Å². The number of nitrogens with zero attached hydrogens (tertiary/aromatic N) is 6. The molecule has 1 aliphatic rings. The third kappa shape index (κ3) is 2.59. The van der Waals surface area contributed by atoms with Gasteiger partial charge in [0.1, 0.15) is 11.9 Å². The normalized spacial score (nSPS) is 14.5. The van der Waals surface area contributed by atoms with Crippen LogP contribution in [0.2, 0.25) is 0 Å². The van der Waals surface area contributed by atoms with Gasteiger partial charge in [0.15, 0.2) is 11.3 Å². The van der Waals surface area contributed by atoms with Crippen molar-refractivity contribution < 1.29 is 0 Å². The summed E-state index contributed by atoms with van der Waals surface area (Å²) >= 11 is 0. The number of benzene rings is 1. The fourth-order valence-electron chi connectivity index (χ4n) is 4.21. The highest BCUT2D eigenvalue weighted by atomic mass is 15.3. The van der Waals surface area contributed by atoms with Crippen LogP contribution >= 0.6 is 0 Å². The maximum absolute atomic E-state index is 9.98. The molecule has 6 heteroatoms. The van der Waals surface area contributed by atoms with E-state index in [1.165, 1.54) is 0 Å². The summed E-state index contributed by atoms with van der Waals surface area (Å²) < 4.78 is 2.13. The summed E-state index contributed by atoms with van der Waals surface area (Å²) in [6.07, 6.45) is 1.75. The number of anilines is 1. The maximum Gasteiger partial charge on any atom is 0.178 e. The zero-order valence-corrected chi connectivity index (χ0v) is 16.8. The van der Waals surface area contributed by atoms with Crippen molar-refractivity contribution in [1.82, 2.24) is 19.3 Å². The number of fused-ring (bicyclic) bond motifs is 3. The zero-order chi connectivity index (χ0) is 20.1. The van der Waals surface area contributed by atoms with Crippen molar-refractivity contribution in [2.75, 3.05) is 32.1 Å². The molecule has 144 valence electrons. The zero-order valence-electron chi connectivity index (χ0n) is 16.8. The molecule has 1 aromatic carbocycles. The Kier molecular flexibility index (Phi) is 4.00. The van der Waals surface area contributed by atoms with E-state index >= 15 is 0 Å².